The van der Waals surface area contributed by atoms with Gasteiger partial charge in [0.15, 0.2) is 0 Å². The lowest BCUT2D eigenvalue weighted by Gasteiger charge is -2.49. The standard InChI is InChI=1S/C18H24N6O3/c1-12-9-24(17(27)21-16(12)26)10-14(25)23-7-4-18(5-8-23)15-13(19-11-20-15)3-6-22(18)2/h9,11H,3-8,10H2,1-2H3,(H,19,20)(H,21,26,27). The summed E-state index contributed by atoms with van der Waals surface area (Å²) < 4.78 is 1.27. The van der Waals surface area contributed by atoms with E-state index in [9.17, 15) is 14.4 Å². The van der Waals surface area contributed by atoms with E-state index >= 15 is 0 Å². The lowest BCUT2D eigenvalue weighted by atomic mass is 9.79. The highest BCUT2D eigenvalue weighted by Gasteiger charge is 2.45. The molecule has 0 atom stereocenters. The number of aromatic amines is 2. The normalized spacial score (nSPS) is 19.3. The first kappa shape index (κ1) is 17.7. The van der Waals surface area contributed by atoms with Gasteiger partial charge < -0.3 is 9.88 Å². The van der Waals surface area contributed by atoms with E-state index in [0.717, 1.165) is 31.5 Å². The van der Waals surface area contributed by atoms with Crippen molar-refractivity contribution >= 4 is 5.91 Å². The number of hydrogen-bond donors (Lipinski definition) is 2. The van der Waals surface area contributed by atoms with Gasteiger partial charge in [0, 0.05) is 43.5 Å². The van der Waals surface area contributed by atoms with Gasteiger partial charge in [0.2, 0.25) is 5.91 Å². The summed E-state index contributed by atoms with van der Waals surface area (Å²) in [5.74, 6) is -0.112. The second kappa shape index (κ2) is 6.49. The Morgan fingerprint density at radius 2 is 2.00 bits per heavy atom. The van der Waals surface area contributed by atoms with E-state index in [1.807, 2.05) is 0 Å². The van der Waals surface area contributed by atoms with Crippen LogP contribution >= 0.6 is 0 Å². The van der Waals surface area contributed by atoms with Crippen LogP contribution in [-0.2, 0) is 23.3 Å². The number of amides is 1. The van der Waals surface area contributed by atoms with Crippen molar-refractivity contribution in [1.82, 2.24) is 29.3 Å². The van der Waals surface area contributed by atoms with Gasteiger partial charge in [-0.05, 0) is 26.8 Å². The zero-order chi connectivity index (χ0) is 19.2. The quantitative estimate of drug-likeness (QED) is 0.744. The topological polar surface area (TPSA) is 107 Å². The summed E-state index contributed by atoms with van der Waals surface area (Å²) in [5, 5.41) is 0. The van der Waals surface area contributed by atoms with Gasteiger partial charge in [-0.1, -0.05) is 0 Å². The summed E-state index contributed by atoms with van der Waals surface area (Å²) in [6.07, 6.45) is 5.79. The number of carbonyl (C=O) groups is 1. The van der Waals surface area contributed by atoms with Gasteiger partial charge in [0.1, 0.15) is 6.54 Å². The number of hydrogen-bond acceptors (Lipinski definition) is 5. The third-order valence-electron chi connectivity index (χ3n) is 6.02. The van der Waals surface area contributed by atoms with E-state index in [1.54, 1.807) is 18.2 Å². The minimum absolute atomic E-state index is 0.0626. The summed E-state index contributed by atoms with van der Waals surface area (Å²) in [5.41, 5.74) is 1.61. The average molecular weight is 372 g/mol. The van der Waals surface area contributed by atoms with Gasteiger partial charge in [-0.15, -0.1) is 0 Å². The predicted molar refractivity (Wildman–Crippen MR) is 98.5 cm³/mol. The molecule has 0 radical (unpaired) electrons. The number of rotatable bonds is 2. The van der Waals surface area contributed by atoms with E-state index in [0.29, 0.717) is 18.7 Å². The van der Waals surface area contributed by atoms with Crippen molar-refractivity contribution in [3.63, 3.8) is 0 Å². The number of nitrogens with one attached hydrogen (secondary N) is 2. The third-order valence-corrected chi connectivity index (χ3v) is 6.02. The molecular weight excluding hydrogens is 348 g/mol. The summed E-state index contributed by atoms with van der Waals surface area (Å²) in [6, 6.07) is 0. The van der Waals surface area contributed by atoms with Crippen molar-refractivity contribution in [3.8, 4) is 0 Å². The van der Waals surface area contributed by atoms with E-state index in [-0.39, 0.29) is 18.0 Å². The smallest absolute Gasteiger partial charge is 0.328 e. The molecule has 2 aliphatic heterocycles. The van der Waals surface area contributed by atoms with Crippen molar-refractivity contribution in [3.05, 3.63) is 50.3 Å². The Balaban J connectivity index is 1.49. The Bertz CT molecular complexity index is 979. The molecule has 4 heterocycles. The first-order valence-corrected chi connectivity index (χ1v) is 9.23. The number of piperidine rings is 1. The Labute approximate surface area is 156 Å². The number of likely N-dealkylation sites (tertiary alicyclic amines) is 1. The molecule has 0 bridgehead atoms. The van der Waals surface area contributed by atoms with E-state index in [2.05, 4.69) is 26.9 Å². The van der Waals surface area contributed by atoms with Gasteiger partial charge in [0.05, 0.1) is 17.6 Å². The molecule has 9 nitrogen and oxygen atoms in total. The van der Waals surface area contributed by atoms with Gasteiger partial charge >= 0.3 is 5.69 Å². The molecule has 0 aromatic carbocycles. The van der Waals surface area contributed by atoms with Crippen LogP contribution in [0.25, 0.3) is 0 Å². The van der Waals surface area contributed by atoms with Crippen LogP contribution in [0.3, 0.4) is 0 Å². The van der Waals surface area contributed by atoms with Gasteiger partial charge in [-0.3, -0.25) is 24.0 Å². The highest BCUT2D eigenvalue weighted by atomic mass is 16.2. The first-order chi connectivity index (χ1) is 12.9. The molecule has 1 saturated heterocycles. The number of fused-ring (bicyclic) bond motifs is 2. The molecular formula is C18H24N6O3. The van der Waals surface area contributed by atoms with E-state index in [1.165, 1.54) is 16.5 Å². The number of H-pyrrole nitrogens is 2. The molecule has 2 aliphatic rings. The van der Waals surface area contributed by atoms with Crippen molar-refractivity contribution in [1.29, 1.82) is 0 Å². The highest BCUT2D eigenvalue weighted by molar-refractivity contribution is 5.76. The van der Waals surface area contributed by atoms with Gasteiger partial charge in [-0.25, -0.2) is 9.78 Å². The van der Waals surface area contributed by atoms with Gasteiger partial charge in [0.25, 0.3) is 5.56 Å². The molecule has 0 unspecified atom stereocenters. The predicted octanol–water partition coefficient (Wildman–Crippen LogP) is -0.426. The minimum Gasteiger partial charge on any atom is -0.348 e. The SMILES string of the molecule is Cc1cn(CC(=O)N2CCC3(CC2)c2nc[nH]c2CCN3C)c(=O)[nH]c1=O. The van der Waals surface area contributed by atoms with Gasteiger partial charge in [-0.2, -0.15) is 0 Å². The molecule has 1 fully saturated rings. The fourth-order valence-corrected chi connectivity index (χ4v) is 4.31. The molecule has 0 saturated carbocycles. The summed E-state index contributed by atoms with van der Waals surface area (Å²) in [7, 11) is 2.12. The Kier molecular flexibility index (Phi) is 4.26. The lowest BCUT2D eigenvalue weighted by Crippen LogP contribution is -2.56. The van der Waals surface area contributed by atoms with E-state index < -0.39 is 11.2 Å². The fourth-order valence-electron chi connectivity index (χ4n) is 4.31. The van der Waals surface area contributed by atoms with Crippen molar-refractivity contribution < 1.29 is 4.79 Å². The van der Waals surface area contributed by atoms with Crippen LogP contribution in [0.2, 0.25) is 0 Å². The summed E-state index contributed by atoms with van der Waals surface area (Å²) >= 11 is 0. The van der Waals surface area contributed by atoms with Crippen LogP contribution in [-0.4, -0.2) is 61.9 Å². The molecule has 4 rings (SSSR count). The summed E-state index contributed by atoms with van der Waals surface area (Å²) in [4.78, 5) is 50.3. The molecule has 9 heteroatoms. The molecule has 2 aromatic heterocycles. The summed E-state index contributed by atoms with van der Waals surface area (Å²) in [6.45, 7) is 3.76. The van der Waals surface area contributed by atoms with Crippen LogP contribution < -0.4 is 11.2 Å². The zero-order valence-electron chi connectivity index (χ0n) is 15.6. The number of aryl methyl sites for hydroxylation is 1. The van der Waals surface area contributed by atoms with Crippen LogP contribution in [0.1, 0.15) is 29.8 Å². The number of aromatic nitrogens is 4. The molecule has 27 heavy (non-hydrogen) atoms. The first-order valence-electron chi connectivity index (χ1n) is 9.23. The largest absolute Gasteiger partial charge is 0.348 e. The Morgan fingerprint density at radius 1 is 1.26 bits per heavy atom. The fraction of sp³-hybridized carbons (Fsp3) is 0.556. The number of likely N-dealkylation sites (N-methyl/N-ethyl adjacent to an activating group) is 1. The minimum atomic E-state index is -0.555. The maximum atomic E-state index is 12.7. The second-order valence-corrected chi connectivity index (χ2v) is 7.51. The average Bonchev–Trinajstić information content (AvgIpc) is 3.13. The Hall–Kier alpha value is -2.68. The molecule has 2 N–H and O–H groups in total. The van der Waals surface area contributed by atoms with Crippen molar-refractivity contribution in [2.75, 3.05) is 26.7 Å². The molecule has 1 spiro atoms. The van der Waals surface area contributed by atoms with Crippen molar-refractivity contribution in [2.45, 2.75) is 38.3 Å². The molecule has 2 aromatic rings. The molecule has 0 aliphatic carbocycles. The van der Waals surface area contributed by atoms with Crippen LogP contribution in [0.5, 0.6) is 0 Å². The molecule has 144 valence electrons. The lowest BCUT2D eigenvalue weighted by molar-refractivity contribution is -0.135. The second-order valence-electron chi connectivity index (χ2n) is 7.51. The number of imidazole rings is 1. The molecule has 1 amide bonds. The van der Waals surface area contributed by atoms with Crippen LogP contribution in [0.15, 0.2) is 22.1 Å². The maximum Gasteiger partial charge on any atom is 0.328 e. The monoisotopic (exact) mass is 372 g/mol. The van der Waals surface area contributed by atoms with Crippen LogP contribution in [0, 0.1) is 6.92 Å². The zero-order valence-corrected chi connectivity index (χ0v) is 15.6. The number of carbonyl (C=O) groups excluding carboxylic acids is 1. The highest BCUT2D eigenvalue weighted by Crippen LogP contribution is 2.41. The maximum absolute atomic E-state index is 12.7. The third kappa shape index (κ3) is 2.91. The Morgan fingerprint density at radius 3 is 2.74 bits per heavy atom. The van der Waals surface area contributed by atoms with Crippen LogP contribution in [0.4, 0.5) is 0 Å². The van der Waals surface area contributed by atoms with E-state index in [4.69, 9.17) is 0 Å². The number of nitrogens with zero attached hydrogens (tertiary/aromatic N) is 4. The van der Waals surface area contributed by atoms with Crippen molar-refractivity contribution in [2.24, 2.45) is 0 Å².